The summed E-state index contributed by atoms with van der Waals surface area (Å²) in [6.07, 6.45) is 6.62. The Morgan fingerprint density at radius 1 is 1.04 bits per heavy atom. The largest absolute Gasteiger partial charge is 0.467 e. The van der Waals surface area contributed by atoms with Crippen LogP contribution in [0.3, 0.4) is 0 Å². The van der Waals surface area contributed by atoms with Crippen LogP contribution in [-0.4, -0.2) is 9.97 Å². The first-order valence-corrected chi connectivity index (χ1v) is 8.63. The zero-order valence-electron chi connectivity index (χ0n) is 14.1. The standard InChI is InChI=1S/C20H21N3O2/c1-4-15(10-16(5-1)12-24-13-17-6-3-9-25-17)11-21-20-18-7-2-8-19(18)22-14-23-20/h1,3-6,9-10,14H,2,7-8,11-13H2,(H,21,22,23). The molecular formula is C20H21N3O2. The molecular weight excluding hydrogens is 314 g/mol. The summed E-state index contributed by atoms with van der Waals surface area (Å²) >= 11 is 0. The number of fused-ring (bicyclic) bond motifs is 1. The first kappa shape index (κ1) is 15.8. The van der Waals surface area contributed by atoms with Crippen LogP contribution in [0.25, 0.3) is 0 Å². The van der Waals surface area contributed by atoms with Gasteiger partial charge in [0.1, 0.15) is 24.5 Å². The topological polar surface area (TPSA) is 60.2 Å². The SMILES string of the molecule is c1cc(CNc2ncnc3c2CCC3)cc(COCc2ccco2)c1. The highest BCUT2D eigenvalue weighted by molar-refractivity contribution is 5.48. The van der Waals surface area contributed by atoms with Crippen LogP contribution >= 0.6 is 0 Å². The molecule has 0 fully saturated rings. The summed E-state index contributed by atoms with van der Waals surface area (Å²) in [6, 6.07) is 12.2. The Morgan fingerprint density at radius 2 is 2.00 bits per heavy atom. The molecule has 0 bridgehead atoms. The molecule has 3 aromatic rings. The van der Waals surface area contributed by atoms with Gasteiger partial charge in [-0.1, -0.05) is 24.3 Å². The molecule has 2 heterocycles. The molecule has 0 amide bonds. The predicted octanol–water partition coefficient (Wildman–Crippen LogP) is 3.89. The fourth-order valence-corrected chi connectivity index (χ4v) is 3.19. The van der Waals surface area contributed by atoms with Crippen molar-refractivity contribution in [2.45, 2.75) is 39.0 Å². The van der Waals surface area contributed by atoms with Gasteiger partial charge in [-0.2, -0.15) is 0 Å². The monoisotopic (exact) mass is 335 g/mol. The Morgan fingerprint density at radius 3 is 2.92 bits per heavy atom. The molecule has 0 atom stereocenters. The summed E-state index contributed by atoms with van der Waals surface area (Å²) in [4.78, 5) is 8.78. The lowest BCUT2D eigenvalue weighted by Gasteiger charge is -2.10. The number of furan rings is 1. The third kappa shape index (κ3) is 3.88. The van der Waals surface area contributed by atoms with Gasteiger partial charge in [0.2, 0.25) is 0 Å². The van der Waals surface area contributed by atoms with Gasteiger partial charge in [-0.3, -0.25) is 0 Å². The number of hydrogen-bond donors (Lipinski definition) is 1. The number of hydrogen-bond acceptors (Lipinski definition) is 5. The maximum Gasteiger partial charge on any atom is 0.133 e. The van der Waals surface area contributed by atoms with E-state index in [2.05, 4.69) is 39.6 Å². The van der Waals surface area contributed by atoms with Crippen LogP contribution in [0, 0.1) is 0 Å². The van der Waals surface area contributed by atoms with Crippen molar-refractivity contribution in [3.63, 3.8) is 0 Å². The maximum atomic E-state index is 5.71. The number of nitrogens with zero attached hydrogens (tertiary/aromatic N) is 2. The molecule has 2 aromatic heterocycles. The summed E-state index contributed by atoms with van der Waals surface area (Å²) in [5.74, 6) is 1.82. The minimum Gasteiger partial charge on any atom is -0.467 e. The van der Waals surface area contributed by atoms with Gasteiger partial charge >= 0.3 is 0 Å². The van der Waals surface area contributed by atoms with Gasteiger partial charge in [-0.15, -0.1) is 0 Å². The van der Waals surface area contributed by atoms with Crippen molar-refractivity contribution in [3.8, 4) is 0 Å². The predicted molar refractivity (Wildman–Crippen MR) is 95.0 cm³/mol. The van der Waals surface area contributed by atoms with Crippen LogP contribution in [0.4, 0.5) is 5.82 Å². The van der Waals surface area contributed by atoms with Gasteiger partial charge in [0.25, 0.3) is 0 Å². The van der Waals surface area contributed by atoms with Crippen LogP contribution in [0.15, 0.2) is 53.4 Å². The minimum atomic E-state index is 0.489. The van der Waals surface area contributed by atoms with Crippen molar-refractivity contribution in [2.75, 3.05) is 5.32 Å². The van der Waals surface area contributed by atoms with Crippen molar-refractivity contribution in [2.24, 2.45) is 0 Å². The second kappa shape index (κ2) is 7.49. The van der Waals surface area contributed by atoms with E-state index in [0.29, 0.717) is 13.2 Å². The quantitative estimate of drug-likeness (QED) is 0.710. The Kier molecular flexibility index (Phi) is 4.74. The van der Waals surface area contributed by atoms with Crippen molar-refractivity contribution in [3.05, 3.63) is 77.1 Å². The average molecular weight is 335 g/mol. The summed E-state index contributed by atoms with van der Waals surface area (Å²) in [5.41, 5.74) is 4.83. The van der Waals surface area contributed by atoms with E-state index in [0.717, 1.165) is 36.5 Å². The number of anilines is 1. The minimum absolute atomic E-state index is 0.489. The molecule has 1 aliphatic rings. The lowest BCUT2D eigenvalue weighted by molar-refractivity contribution is 0.0929. The van der Waals surface area contributed by atoms with E-state index in [4.69, 9.17) is 9.15 Å². The van der Waals surface area contributed by atoms with Gasteiger partial charge in [0, 0.05) is 17.8 Å². The normalized spacial score (nSPS) is 13.0. The lowest BCUT2D eigenvalue weighted by Crippen LogP contribution is -2.06. The fraction of sp³-hybridized carbons (Fsp3) is 0.300. The average Bonchev–Trinajstić information content (AvgIpc) is 3.32. The van der Waals surface area contributed by atoms with E-state index in [1.807, 2.05) is 12.1 Å². The molecule has 25 heavy (non-hydrogen) atoms. The van der Waals surface area contributed by atoms with Gasteiger partial charge in [-0.05, 0) is 42.5 Å². The second-order valence-electron chi connectivity index (χ2n) is 6.25. The van der Waals surface area contributed by atoms with Gasteiger partial charge in [0.05, 0.1) is 12.9 Å². The smallest absolute Gasteiger partial charge is 0.133 e. The molecule has 1 aromatic carbocycles. The van der Waals surface area contributed by atoms with E-state index in [1.165, 1.54) is 23.2 Å². The first-order valence-electron chi connectivity index (χ1n) is 8.63. The molecule has 5 heteroatoms. The number of aryl methyl sites for hydroxylation is 1. The van der Waals surface area contributed by atoms with Crippen LogP contribution in [0.2, 0.25) is 0 Å². The summed E-state index contributed by atoms with van der Waals surface area (Å²) in [6.45, 7) is 1.80. The number of aromatic nitrogens is 2. The number of benzene rings is 1. The van der Waals surface area contributed by atoms with Crippen molar-refractivity contribution >= 4 is 5.82 Å². The number of ether oxygens (including phenoxy) is 1. The highest BCUT2D eigenvalue weighted by atomic mass is 16.5. The summed E-state index contributed by atoms with van der Waals surface area (Å²) < 4.78 is 11.0. The molecule has 0 saturated carbocycles. The van der Waals surface area contributed by atoms with Crippen molar-refractivity contribution in [1.29, 1.82) is 0 Å². The Labute approximate surface area is 147 Å². The molecule has 0 unspecified atom stereocenters. The Balaban J connectivity index is 1.34. The van der Waals surface area contributed by atoms with Crippen LogP contribution in [-0.2, 0) is 37.3 Å². The molecule has 0 spiro atoms. The van der Waals surface area contributed by atoms with Crippen LogP contribution < -0.4 is 5.32 Å². The van der Waals surface area contributed by atoms with E-state index >= 15 is 0 Å². The van der Waals surface area contributed by atoms with E-state index in [9.17, 15) is 0 Å². The summed E-state index contributed by atoms with van der Waals surface area (Å²) in [7, 11) is 0. The van der Waals surface area contributed by atoms with Crippen molar-refractivity contribution in [1.82, 2.24) is 9.97 Å². The first-order chi connectivity index (χ1) is 12.4. The highest BCUT2D eigenvalue weighted by Crippen LogP contribution is 2.25. The van der Waals surface area contributed by atoms with Crippen molar-refractivity contribution < 1.29 is 9.15 Å². The molecule has 5 nitrogen and oxygen atoms in total. The summed E-state index contributed by atoms with van der Waals surface area (Å²) in [5, 5.41) is 3.46. The van der Waals surface area contributed by atoms with Gasteiger partial charge < -0.3 is 14.5 Å². The Hall–Kier alpha value is -2.66. The van der Waals surface area contributed by atoms with E-state index < -0.39 is 0 Å². The lowest BCUT2D eigenvalue weighted by atomic mass is 10.1. The molecule has 1 N–H and O–H groups in total. The molecule has 4 rings (SSSR count). The third-order valence-corrected chi connectivity index (χ3v) is 4.42. The molecule has 0 aliphatic heterocycles. The molecule has 0 saturated heterocycles. The molecule has 1 aliphatic carbocycles. The highest BCUT2D eigenvalue weighted by Gasteiger charge is 2.16. The number of rotatable bonds is 7. The number of nitrogens with one attached hydrogen (secondary N) is 1. The van der Waals surface area contributed by atoms with E-state index in [1.54, 1.807) is 12.6 Å². The molecule has 128 valence electrons. The third-order valence-electron chi connectivity index (χ3n) is 4.42. The van der Waals surface area contributed by atoms with Crippen LogP contribution in [0.1, 0.15) is 34.6 Å². The zero-order chi connectivity index (χ0) is 16.9. The maximum absolute atomic E-state index is 5.71. The van der Waals surface area contributed by atoms with Gasteiger partial charge in [-0.25, -0.2) is 9.97 Å². The fourth-order valence-electron chi connectivity index (χ4n) is 3.19. The van der Waals surface area contributed by atoms with Gasteiger partial charge in [0.15, 0.2) is 0 Å². The molecule has 0 radical (unpaired) electrons. The second-order valence-corrected chi connectivity index (χ2v) is 6.25. The zero-order valence-corrected chi connectivity index (χ0v) is 14.1. The van der Waals surface area contributed by atoms with Crippen LogP contribution in [0.5, 0.6) is 0 Å². The van der Waals surface area contributed by atoms with E-state index in [-0.39, 0.29) is 0 Å². The Bertz CT molecular complexity index is 831.